The molecule has 2 aromatic carbocycles. The Kier molecular flexibility index (Phi) is 3.40. The minimum atomic E-state index is -0.455. The topological polar surface area (TPSA) is 33.0 Å². The molecule has 0 saturated heterocycles. The highest BCUT2D eigenvalue weighted by Crippen LogP contribution is 2.27. The highest BCUT2D eigenvalue weighted by atomic mass is 79.9. The van der Waals surface area contributed by atoms with Crippen molar-refractivity contribution >= 4 is 15.9 Å². The quantitative estimate of drug-likeness (QED) is 0.828. The summed E-state index contributed by atoms with van der Waals surface area (Å²) >= 11 is 3.32. The molecule has 84 valence electrons. The van der Waals surface area contributed by atoms with Gasteiger partial charge in [-0.05, 0) is 36.4 Å². The molecule has 0 atom stereocenters. The van der Waals surface area contributed by atoms with E-state index in [0.717, 1.165) is 10.5 Å². The Bertz CT molecular complexity index is 592. The van der Waals surface area contributed by atoms with Gasteiger partial charge in [-0.15, -0.1) is 0 Å². The molecular weight excluding hydrogens is 285 g/mol. The number of rotatable bonds is 2. The lowest BCUT2D eigenvalue weighted by molar-refractivity contribution is 0.478. The van der Waals surface area contributed by atoms with Gasteiger partial charge in [0.2, 0.25) is 0 Å². The van der Waals surface area contributed by atoms with Gasteiger partial charge in [0.25, 0.3) is 0 Å². The second-order valence-electron chi connectivity index (χ2n) is 3.31. The maximum absolute atomic E-state index is 12.9. The molecule has 0 aliphatic rings. The van der Waals surface area contributed by atoms with Crippen molar-refractivity contribution in [3.05, 3.63) is 58.3 Å². The van der Waals surface area contributed by atoms with Crippen LogP contribution in [-0.4, -0.2) is 0 Å². The summed E-state index contributed by atoms with van der Waals surface area (Å²) < 4.78 is 19.3. The molecule has 0 radical (unpaired) electrons. The molecule has 0 aromatic heterocycles. The van der Waals surface area contributed by atoms with Crippen LogP contribution < -0.4 is 4.74 Å². The predicted octanol–water partition coefficient (Wildman–Crippen LogP) is 4.25. The van der Waals surface area contributed by atoms with Gasteiger partial charge in [-0.3, -0.25) is 0 Å². The molecule has 0 unspecified atom stereocenters. The van der Waals surface area contributed by atoms with E-state index in [2.05, 4.69) is 15.9 Å². The van der Waals surface area contributed by atoms with Gasteiger partial charge in [-0.2, -0.15) is 5.26 Å². The third-order valence-corrected chi connectivity index (χ3v) is 2.58. The van der Waals surface area contributed by atoms with Crippen molar-refractivity contribution in [3.63, 3.8) is 0 Å². The predicted molar refractivity (Wildman–Crippen MR) is 65.3 cm³/mol. The van der Waals surface area contributed by atoms with Gasteiger partial charge in [0.1, 0.15) is 23.4 Å². The number of ether oxygens (including phenoxy) is 1. The van der Waals surface area contributed by atoms with Crippen LogP contribution in [0.3, 0.4) is 0 Å². The minimum absolute atomic E-state index is 0.171. The Balaban J connectivity index is 2.34. The number of nitriles is 1. The SMILES string of the molecule is N#Cc1cc(F)ccc1Oc1cccc(Br)c1. The number of nitrogens with zero attached hydrogens (tertiary/aromatic N) is 1. The first kappa shape index (κ1) is 11.6. The molecule has 4 heteroatoms. The van der Waals surface area contributed by atoms with Crippen molar-refractivity contribution in [2.24, 2.45) is 0 Å². The molecule has 2 nitrogen and oxygen atoms in total. The lowest BCUT2D eigenvalue weighted by Gasteiger charge is -2.07. The summed E-state index contributed by atoms with van der Waals surface area (Å²) in [6.45, 7) is 0. The fourth-order valence-electron chi connectivity index (χ4n) is 1.34. The molecule has 0 N–H and O–H groups in total. The third kappa shape index (κ3) is 2.83. The second-order valence-corrected chi connectivity index (χ2v) is 4.23. The van der Waals surface area contributed by atoms with Gasteiger partial charge in [0.05, 0.1) is 5.56 Å². The molecule has 0 amide bonds. The van der Waals surface area contributed by atoms with Crippen LogP contribution in [-0.2, 0) is 0 Å². The zero-order chi connectivity index (χ0) is 12.3. The summed E-state index contributed by atoms with van der Waals surface area (Å²) in [4.78, 5) is 0. The Labute approximate surface area is 106 Å². The highest BCUT2D eigenvalue weighted by Gasteiger charge is 2.06. The van der Waals surface area contributed by atoms with Crippen LogP contribution in [0.25, 0.3) is 0 Å². The van der Waals surface area contributed by atoms with E-state index in [1.54, 1.807) is 12.1 Å². The smallest absolute Gasteiger partial charge is 0.145 e. The van der Waals surface area contributed by atoms with E-state index < -0.39 is 5.82 Å². The molecule has 2 aromatic rings. The van der Waals surface area contributed by atoms with Crippen molar-refractivity contribution in [2.45, 2.75) is 0 Å². The zero-order valence-corrected chi connectivity index (χ0v) is 10.2. The van der Waals surface area contributed by atoms with Crippen molar-refractivity contribution in [1.29, 1.82) is 5.26 Å². The molecule has 0 aliphatic carbocycles. The number of hydrogen-bond acceptors (Lipinski definition) is 2. The molecule has 0 fully saturated rings. The standard InChI is InChI=1S/C13H7BrFNO/c14-10-2-1-3-12(7-10)17-13-5-4-11(15)6-9(13)8-16/h1-7H. The Morgan fingerprint density at radius 3 is 2.71 bits per heavy atom. The van der Waals surface area contributed by atoms with Crippen LogP contribution in [0.4, 0.5) is 4.39 Å². The van der Waals surface area contributed by atoms with E-state index in [0.29, 0.717) is 11.5 Å². The van der Waals surface area contributed by atoms with Crippen LogP contribution in [0.15, 0.2) is 46.9 Å². The molecule has 2 rings (SSSR count). The maximum atomic E-state index is 12.9. The van der Waals surface area contributed by atoms with Gasteiger partial charge in [0, 0.05) is 4.47 Å². The van der Waals surface area contributed by atoms with Crippen molar-refractivity contribution < 1.29 is 9.13 Å². The maximum Gasteiger partial charge on any atom is 0.145 e. The number of hydrogen-bond donors (Lipinski definition) is 0. The summed E-state index contributed by atoms with van der Waals surface area (Å²) in [7, 11) is 0. The Morgan fingerprint density at radius 2 is 2.00 bits per heavy atom. The van der Waals surface area contributed by atoms with E-state index in [1.807, 2.05) is 18.2 Å². The number of halogens is 2. The van der Waals surface area contributed by atoms with Crippen molar-refractivity contribution in [1.82, 2.24) is 0 Å². The number of benzene rings is 2. The minimum Gasteiger partial charge on any atom is -0.456 e. The average molecular weight is 292 g/mol. The highest BCUT2D eigenvalue weighted by molar-refractivity contribution is 9.10. The Morgan fingerprint density at radius 1 is 1.18 bits per heavy atom. The zero-order valence-electron chi connectivity index (χ0n) is 8.65. The molecule has 0 aliphatic heterocycles. The van der Waals surface area contributed by atoms with E-state index in [9.17, 15) is 4.39 Å². The first-order valence-electron chi connectivity index (χ1n) is 4.82. The summed E-state index contributed by atoms with van der Waals surface area (Å²) in [5, 5.41) is 8.87. The molecule has 0 spiro atoms. The van der Waals surface area contributed by atoms with Crippen LogP contribution in [0, 0.1) is 17.1 Å². The summed E-state index contributed by atoms with van der Waals surface area (Å²) in [5.41, 5.74) is 0.171. The van der Waals surface area contributed by atoms with Gasteiger partial charge in [-0.25, -0.2) is 4.39 Å². The van der Waals surface area contributed by atoms with Crippen LogP contribution >= 0.6 is 15.9 Å². The normalized spacial score (nSPS) is 9.71. The first-order chi connectivity index (χ1) is 8.19. The van der Waals surface area contributed by atoms with Gasteiger partial charge < -0.3 is 4.74 Å². The summed E-state index contributed by atoms with van der Waals surface area (Å²) in [6.07, 6.45) is 0. The van der Waals surface area contributed by atoms with Crippen LogP contribution in [0.2, 0.25) is 0 Å². The van der Waals surface area contributed by atoms with Crippen LogP contribution in [0.5, 0.6) is 11.5 Å². The molecule has 17 heavy (non-hydrogen) atoms. The lowest BCUT2D eigenvalue weighted by Crippen LogP contribution is -1.89. The third-order valence-electron chi connectivity index (χ3n) is 2.09. The monoisotopic (exact) mass is 291 g/mol. The first-order valence-corrected chi connectivity index (χ1v) is 5.61. The molecule has 0 heterocycles. The second kappa shape index (κ2) is 4.98. The average Bonchev–Trinajstić information content (AvgIpc) is 2.31. The molecular formula is C13H7BrFNO. The van der Waals surface area contributed by atoms with E-state index in [-0.39, 0.29) is 5.56 Å². The fourth-order valence-corrected chi connectivity index (χ4v) is 1.71. The van der Waals surface area contributed by atoms with E-state index in [4.69, 9.17) is 10.00 Å². The van der Waals surface area contributed by atoms with E-state index in [1.165, 1.54) is 12.1 Å². The van der Waals surface area contributed by atoms with Gasteiger partial charge >= 0.3 is 0 Å². The lowest BCUT2D eigenvalue weighted by atomic mass is 10.2. The summed E-state index contributed by atoms with van der Waals surface area (Å²) in [5.74, 6) is 0.470. The van der Waals surface area contributed by atoms with E-state index >= 15 is 0 Å². The Hall–Kier alpha value is -1.86. The fraction of sp³-hybridized carbons (Fsp3) is 0. The van der Waals surface area contributed by atoms with Crippen LogP contribution in [0.1, 0.15) is 5.56 Å². The largest absolute Gasteiger partial charge is 0.456 e. The van der Waals surface area contributed by atoms with Crippen molar-refractivity contribution in [2.75, 3.05) is 0 Å². The molecule has 0 saturated carbocycles. The van der Waals surface area contributed by atoms with Gasteiger partial charge in [-0.1, -0.05) is 22.0 Å². The van der Waals surface area contributed by atoms with Crippen molar-refractivity contribution in [3.8, 4) is 17.6 Å². The molecule has 0 bridgehead atoms. The summed E-state index contributed by atoms with van der Waals surface area (Å²) in [6, 6.07) is 12.9. The van der Waals surface area contributed by atoms with Gasteiger partial charge in [0.15, 0.2) is 0 Å².